The van der Waals surface area contributed by atoms with Gasteiger partial charge in [0.25, 0.3) is 0 Å². The van der Waals surface area contributed by atoms with Crippen molar-refractivity contribution in [2.75, 3.05) is 0 Å². The quantitative estimate of drug-likeness (QED) is 0.118. The minimum atomic E-state index is -1.72. The van der Waals surface area contributed by atoms with Crippen LogP contribution in [0.5, 0.6) is 0 Å². The van der Waals surface area contributed by atoms with E-state index in [-0.39, 0.29) is 20.1 Å². The number of fused-ring (bicyclic) bond motifs is 4. The maximum absolute atomic E-state index is 6.47. The molecule has 9 aromatic rings. The topological polar surface area (TPSA) is 56.7 Å². The molecule has 0 aliphatic carbocycles. The molecule has 293 valence electrons. The number of furan rings is 1. The van der Waals surface area contributed by atoms with Crippen LogP contribution in [0.25, 0.3) is 72.4 Å². The normalized spacial score (nSPS) is 11.6. The maximum atomic E-state index is 6.47. The molecule has 0 N–H and O–H groups in total. The predicted octanol–water partition coefficient (Wildman–Crippen LogP) is 13.1. The number of benzene rings is 5. The summed E-state index contributed by atoms with van der Waals surface area (Å²) in [6, 6.07) is 48.9. The van der Waals surface area contributed by atoms with Crippen LogP contribution in [0.15, 0.2) is 138 Å². The molecule has 0 unspecified atom stereocenters. The minimum absolute atomic E-state index is 0. The van der Waals surface area contributed by atoms with E-state index in [2.05, 4.69) is 163 Å². The van der Waals surface area contributed by atoms with E-state index >= 15 is 0 Å². The summed E-state index contributed by atoms with van der Waals surface area (Å²) in [5, 5.41) is 2.11. The van der Waals surface area contributed by atoms with Gasteiger partial charge in [0.15, 0.2) is 0 Å². The summed E-state index contributed by atoms with van der Waals surface area (Å²) in [4.78, 5) is 14.2. The van der Waals surface area contributed by atoms with Crippen LogP contribution in [-0.4, -0.2) is 32.8 Å². The number of imidazole rings is 1. The van der Waals surface area contributed by atoms with Crippen LogP contribution in [-0.2, 0) is 20.1 Å². The molecule has 0 saturated heterocycles. The summed E-state index contributed by atoms with van der Waals surface area (Å²) in [6.45, 7) is 11.1. The van der Waals surface area contributed by atoms with E-state index in [1.807, 2.05) is 49.6 Å². The van der Waals surface area contributed by atoms with Gasteiger partial charge in [-0.3, -0.25) is 9.97 Å². The number of pyridine rings is 2. The number of para-hydroxylation sites is 2. The summed E-state index contributed by atoms with van der Waals surface area (Å²) >= 11 is -1.72. The van der Waals surface area contributed by atoms with E-state index in [9.17, 15) is 0 Å². The molecule has 5 nitrogen and oxygen atoms in total. The van der Waals surface area contributed by atoms with Crippen molar-refractivity contribution >= 4 is 50.6 Å². The van der Waals surface area contributed by atoms with Crippen LogP contribution >= 0.6 is 0 Å². The van der Waals surface area contributed by atoms with E-state index in [0.29, 0.717) is 11.8 Å². The van der Waals surface area contributed by atoms with Gasteiger partial charge in [0.1, 0.15) is 5.58 Å². The number of aromatic nitrogens is 4. The molecule has 0 bridgehead atoms. The van der Waals surface area contributed by atoms with Crippen molar-refractivity contribution < 1.29 is 24.5 Å². The van der Waals surface area contributed by atoms with E-state index in [1.165, 1.54) is 32.3 Å². The van der Waals surface area contributed by atoms with Crippen molar-refractivity contribution in [2.45, 2.75) is 63.7 Å². The number of hydrogen-bond acceptors (Lipinski definition) is 4. The summed E-state index contributed by atoms with van der Waals surface area (Å²) in [5.41, 5.74) is 13.7. The molecule has 0 atom stereocenters. The van der Waals surface area contributed by atoms with Gasteiger partial charge in [-0.25, -0.2) is 0 Å². The van der Waals surface area contributed by atoms with Crippen LogP contribution in [0.3, 0.4) is 0 Å². The first-order valence-electron chi connectivity index (χ1n) is 19.8. The fourth-order valence-electron chi connectivity index (χ4n) is 7.50. The number of aryl methyl sites for hydroxylation is 1. The summed E-state index contributed by atoms with van der Waals surface area (Å²) in [6.07, 6.45) is 3.85. The van der Waals surface area contributed by atoms with Crippen LogP contribution in [0, 0.1) is 19.1 Å². The van der Waals surface area contributed by atoms with Gasteiger partial charge in [0.2, 0.25) is 0 Å². The third-order valence-corrected chi connectivity index (χ3v) is 14.9. The molecule has 0 spiro atoms. The Morgan fingerprint density at radius 1 is 0.672 bits per heavy atom. The predicted molar refractivity (Wildman–Crippen MR) is 240 cm³/mol. The largest absolute Gasteiger partial charge is 0 e. The SMILES string of the molecule is Cc1cc2c(cn1)oc1c(-c3nc4ccccc4n3-c3c(C(C)C)cc(-c4ccccc4)cc3C(C)C)[c-]ccc12.[CH3][Ge]([CH3])([CH3])[c]1ccc(-c2[c-]cccc2)nc1.[Ir]. The molecule has 1 radical (unpaired) electrons. The molecule has 0 aliphatic rings. The zero-order valence-electron chi connectivity index (χ0n) is 34.4. The molecule has 9 rings (SSSR count). The zero-order valence-corrected chi connectivity index (χ0v) is 38.9. The Kier molecular flexibility index (Phi) is 12.0. The first-order chi connectivity index (χ1) is 27.5. The number of rotatable bonds is 7. The molecule has 4 aromatic heterocycles. The van der Waals surface area contributed by atoms with Crippen LogP contribution in [0.1, 0.15) is 56.4 Å². The van der Waals surface area contributed by atoms with E-state index in [0.717, 1.165) is 61.3 Å². The third-order valence-electron chi connectivity index (χ3n) is 10.6. The van der Waals surface area contributed by atoms with Crippen molar-refractivity contribution in [2.24, 2.45) is 0 Å². The minimum Gasteiger partial charge on any atom is 0 e. The van der Waals surface area contributed by atoms with Crippen LogP contribution in [0.4, 0.5) is 0 Å². The summed E-state index contributed by atoms with van der Waals surface area (Å²) < 4.78 is 10.3. The van der Waals surface area contributed by atoms with Gasteiger partial charge in [-0.15, -0.1) is 18.2 Å². The number of nitrogens with zero attached hydrogens (tertiary/aromatic N) is 4. The molecule has 5 aromatic carbocycles. The zero-order chi connectivity index (χ0) is 39.8. The van der Waals surface area contributed by atoms with Crippen molar-refractivity contribution in [1.82, 2.24) is 19.5 Å². The molecular formula is C51H48GeIrN4O-2. The number of hydrogen-bond donors (Lipinski definition) is 0. The summed E-state index contributed by atoms with van der Waals surface area (Å²) in [5.74, 6) is 8.55. The first kappa shape index (κ1) is 41.0. The van der Waals surface area contributed by atoms with Gasteiger partial charge >= 0.3 is 99.8 Å². The van der Waals surface area contributed by atoms with Gasteiger partial charge < -0.3 is 8.98 Å². The second-order valence-corrected chi connectivity index (χ2v) is 27.1. The van der Waals surface area contributed by atoms with Gasteiger partial charge in [-0.1, -0.05) is 81.1 Å². The Bertz CT molecular complexity index is 2810. The van der Waals surface area contributed by atoms with Gasteiger partial charge in [0.05, 0.1) is 28.6 Å². The first-order valence-corrected chi connectivity index (χ1v) is 27.2. The van der Waals surface area contributed by atoms with E-state index < -0.39 is 13.3 Å². The molecule has 0 aliphatic heterocycles. The van der Waals surface area contributed by atoms with Gasteiger partial charge in [0, 0.05) is 36.9 Å². The van der Waals surface area contributed by atoms with Gasteiger partial charge in [-0.05, 0) is 71.3 Å². The molecule has 0 fully saturated rings. The average Bonchev–Trinajstić information content (AvgIpc) is 3.79. The second kappa shape index (κ2) is 17.0. The standard InChI is InChI=1S/C37H32N3O.C14H16GeN.Ir/c1-22(2)29-19-26(25-12-7-6-8-13-25)20-30(23(3)4)35(29)40-33-17-10-9-16-32(33)39-37(40)28-15-11-14-27-31-18-24(5)38-21-34(31)41-36(27)28;1-15(2,3)13-9-10-14(16-11-13)12-7-5-4-6-8-12;/h6-14,16-23H,1-5H3;4-7,9-11H,1-3H3;/q2*-1;. The van der Waals surface area contributed by atoms with Crippen molar-refractivity contribution in [3.63, 3.8) is 0 Å². The third kappa shape index (κ3) is 8.11. The molecule has 4 heterocycles. The second-order valence-electron chi connectivity index (χ2n) is 16.4. The Morgan fingerprint density at radius 2 is 1.38 bits per heavy atom. The fourth-order valence-corrected chi connectivity index (χ4v) is 9.67. The van der Waals surface area contributed by atoms with Crippen molar-refractivity contribution in [1.29, 1.82) is 0 Å². The van der Waals surface area contributed by atoms with E-state index in [1.54, 1.807) is 0 Å². The Morgan fingerprint density at radius 3 is 2.03 bits per heavy atom. The average molecular weight is 998 g/mol. The van der Waals surface area contributed by atoms with Crippen LogP contribution < -0.4 is 4.40 Å². The fraction of sp³-hybridized carbons (Fsp3) is 0.196. The van der Waals surface area contributed by atoms with Gasteiger partial charge in [-0.2, -0.15) is 0 Å². The molecular weight excluding hydrogens is 949 g/mol. The maximum Gasteiger partial charge on any atom is 0 e. The molecule has 7 heteroatoms. The monoisotopic (exact) mass is 999 g/mol. The Labute approximate surface area is 358 Å². The van der Waals surface area contributed by atoms with E-state index in [4.69, 9.17) is 9.40 Å². The Hall–Kier alpha value is -5.14. The smallest absolute Gasteiger partial charge is 0 e. The van der Waals surface area contributed by atoms with Crippen molar-refractivity contribution in [3.05, 3.63) is 163 Å². The van der Waals surface area contributed by atoms with Crippen molar-refractivity contribution in [3.8, 4) is 39.5 Å². The molecule has 58 heavy (non-hydrogen) atoms. The summed E-state index contributed by atoms with van der Waals surface area (Å²) in [7, 11) is 0. The van der Waals surface area contributed by atoms with Crippen LogP contribution in [0.2, 0.25) is 17.3 Å². The molecule has 0 amide bonds. The molecule has 0 saturated carbocycles. The Balaban J connectivity index is 0.000000254.